The van der Waals surface area contributed by atoms with E-state index in [4.69, 9.17) is 5.11 Å². The highest BCUT2D eigenvalue weighted by atomic mass is 16.4. The Morgan fingerprint density at radius 3 is 2.39 bits per heavy atom. The van der Waals surface area contributed by atoms with Crippen molar-refractivity contribution in [3.8, 4) is 0 Å². The van der Waals surface area contributed by atoms with Crippen LogP contribution in [0.4, 0.5) is 4.79 Å². The molecule has 0 heterocycles. The van der Waals surface area contributed by atoms with Gasteiger partial charge in [-0.25, -0.2) is 9.59 Å². The van der Waals surface area contributed by atoms with Crippen LogP contribution in [0.1, 0.15) is 39.5 Å². The number of aliphatic carboxylic acids is 1. The van der Waals surface area contributed by atoms with Crippen LogP contribution in [0.5, 0.6) is 0 Å². The lowest BCUT2D eigenvalue weighted by Crippen LogP contribution is -2.51. The molecule has 104 valence electrons. The van der Waals surface area contributed by atoms with E-state index >= 15 is 0 Å². The number of aliphatic hydroxyl groups is 1. The molecule has 1 aliphatic carbocycles. The van der Waals surface area contributed by atoms with Crippen LogP contribution < -0.4 is 10.6 Å². The zero-order valence-electron chi connectivity index (χ0n) is 10.9. The number of aliphatic hydroxyl groups excluding tert-OH is 1. The van der Waals surface area contributed by atoms with Gasteiger partial charge in [-0.05, 0) is 31.6 Å². The largest absolute Gasteiger partial charge is 0.480 e. The van der Waals surface area contributed by atoms with Gasteiger partial charge in [0.15, 0.2) is 6.04 Å². The molecular weight excluding hydrogens is 236 g/mol. The molecule has 0 aromatic rings. The molecule has 0 radical (unpaired) electrons. The lowest BCUT2D eigenvalue weighted by Gasteiger charge is -2.19. The molecule has 0 spiro atoms. The summed E-state index contributed by atoms with van der Waals surface area (Å²) in [5, 5.41) is 23.0. The number of carbonyl (C=O) groups is 2. The second-order valence-corrected chi connectivity index (χ2v) is 5.13. The SMILES string of the molecule is CCCC1(CNC(=O)NC(C(=O)O)C(C)O)CC1. The molecule has 1 saturated carbocycles. The van der Waals surface area contributed by atoms with Crippen molar-refractivity contribution < 1.29 is 19.8 Å². The number of carboxylic acids is 1. The Balaban J connectivity index is 2.35. The molecule has 18 heavy (non-hydrogen) atoms. The van der Waals surface area contributed by atoms with E-state index in [0.29, 0.717) is 6.54 Å². The predicted octanol–water partition coefficient (Wildman–Crippen LogP) is 0.700. The fraction of sp³-hybridized carbons (Fsp3) is 0.833. The molecule has 0 aliphatic heterocycles. The van der Waals surface area contributed by atoms with Gasteiger partial charge in [0.2, 0.25) is 0 Å². The molecule has 6 nitrogen and oxygen atoms in total. The first-order valence-corrected chi connectivity index (χ1v) is 6.35. The highest BCUT2D eigenvalue weighted by molar-refractivity contribution is 5.82. The Labute approximate surface area is 107 Å². The van der Waals surface area contributed by atoms with Gasteiger partial charge >= 0.3 is 12.0 Å². The summed E-state index contributed by atoms with van der Waals surface area (Å²) in [6.07, 6.45) is 3.25. The average Bonchev–Trinajstić information content (AvgIpc) is 3.03. The van der Waals surface area contributed by atoms with Crippen molar-refractivity contribution in [2.75, 3.05) is 6.54 Å². The van der Waals surface area contributed by atoms with Crippen LogP contribution in [0.15, 0.2) is 0 Å². The predicted molar refractivity (Wildman–Crippen MR) is 66.2 cm³/mol. The van der Waals surface area contributed by atoms with Crippen molar-refractivity contribution in [3.63, 3.8) is 0 Å². The maximum Gasteiger partial charge on any atom is 0.328 e. The highest BCUT2D eigenvalue weighted by Crippen LogP contribution is 2.48. The number of rotatable bonds is 7. The quantitative estimate of drug-likeness (QED) is 0.540. The molecule has 0 aromatic heterocycles. The molecule has 0 aromatic carbocycles. The molecule has 4 N–H and O–H groups in total. The Morgan fingerprint density at radius 2 is 2.00 bits per heavy atom. The lowest BCUT2D eigenvalue weighted by molar-refractivity contribution is -0.141. The topological polar surface area (TPSA) is 98.7 Å². The van der Waals surface area contributed by atoms with Gasteiger partial charge in [0.1, 0.15) is 0 Å². The van der Waals surface area contributed by atoms with Gasteiger partial charge in [-0.15, -0.1) is 0 Å². The second kappa shape index (κ2) is 6.04. The summed E-state index contributed by atoms with van der Waals surface area (Å²) in [5.74, 6) is -1.24. The molecule has 0 bridgehead atoms. The highest BCUT2D eigenvalue weighted by Gasteiger charge is 2.41. The van der Waals surface area contributed by atoms with Gasteiger partial charge in [0.25, 0.3) is 0 Å². The Morgan fingerprint density at radius 1 is 1.39 bits per heavy atom. The zero-order valence-corrected chi connectivity index (χ0v) is 10.9. The van der Waals surface area contributed by atoms with Crippen LogP contribution in [0.25, 0.3) is 0 Å². The number of hydrogen-bond acceptors (Lipinski definition) is 3. The summed E-state index contributed by atoms with van der Waals surface area (Å²) in [4.78, 5) is 22.3. The fourth-order valence-electron chi connectivity index (χ4n) is 2.07. The normalized spacial score (nSPS) is 19.7. The molecule has 2 unspecified atom stereocenters. The van der Waals surface area contributed by atoms with Crippen molar-refractivity contribution in [2.45, 2.75) is 51.7 Å². The maximum absolute atomic E-state index is 11.5. The third kappa shape index (κ3) is 4.18. The molecule has 1 fully saturated rings. The summed E-state index contributed by atoms with van der Waals surface area (Å²) in [6.45, 7) is 4.01. The summed E-state index contributed by atoms with van der Waals surface area (Å²) in [5.41, 5.74) is 0.218. The monoisotopic (exact) mass is 258 g/mol. The first kappa shape index (κ1) is 14.8. The van der Waals surface area contributed by atoms with Crippen LogP contribution >= 0.6 is 0 Å². The van der Waals surface area contributed by atoms with Crippen LogP contribution in [0, 0.1) is 5.41 Å². The van der Waals surface area contributed by atoms with Crippen molar-refractivity contribution in [2.24, 2.45) is 5.41 Å². The van der Waals surface area contributed by atoms with Crippen molar-refractivity contribution in [1.82, 2.24) is 10.6 Å². The van der Waals surface area contributed by atoms with Gasteiger partial charge in [-0.1, -0.05) is 13.3 Å². The van der Waals surface area contributed by atoms with E-state index in [9.17, 15) is 14.7 Å². The van der Waals surface area contributed by atoms with Crippen LogP contribution in [0.2, 0.25) is 0 Å². The Hall–Kier alpha value is -1.30. The Bertz CT molecular complexity index is 313. The van der Waals surface area contributed by atoms with E-state index in [1.807, 2.05) is 0 Å². The third-order valence-corrected chi connectivity index (χ3v) is 3.40. The van der Waals surface area contributed by atoms with E-state index in [-0.39, 0.29) is 5.41 Å². The first-order chi connectivity index (χ1) is 8.40. The van der Waals surface area contributed by atoms with Gasteiger partial charge in [0.05, 0.1) is 6.10 Å². The number of nitrogens with one attached hydrogen (secondary N) is 2. The summed E-state index contributed by atoms with van der Waals surface area (Å²) >= 11 is 0. The van der Waals surface area contributed by atoms with Crippen molar-refractivity contribution >= 4 is 12.0 Å². The zero-order chi connectivity index (χ0) is 13.8. The molecule has 1 rings (SSSR count). The van der Waals surface area contributed by atoms with E-state index in [0.717, 1.165) is 25.7 Å². The van der Waals surface area contributed by atoms with Crippen molar-refractivity contribution in [1.29, 1.82) is 0 Å². The number of carbonyl (C=O) groups excluding carboxylic acids is 1. The minimum atomic E-state index is -1.27. The van der Waals surface area contributed by atoms with Gasteiger partial charge in [-0.2, -0.15) is 0 Å². The van der Waals surface area contributed by atoms with Gasteiger partial charge < -0.3 is 20.8 Å². The van der Waals surface area contributed by atoms with Crippen molar-refractivity contribution in [3.05, 3.63) is 0 Å². The van der Waals surface area contributed by atoms with E-state index < -0.39 is 24.1 Å². The molecular formula is C12H22N2O4. The number of hydrogen-bond donors (Lipinski definition) is 4. The van der Waals surface area contributed by atoms with Crippen LogP contribution in [-0.4, -0.2) is 40.9 Å². The number of amides is 2. The van der Waals surface area contributed by atoms with E-state index in [1.54, 1.807) is 0 Å². The molecule has 2 atom stereocenters. The van der Waals surface area contributed by atoms with Gasteiger partial charge in [0, 0.05) is 6.54 Å². The number of urea groups is 1. The van der Waals surface area contributed by atoms with Crippen LogP contribution in [0.3, 0.4) is 0 Å². The van der Waals surface area contributed by atoms with Gasteiger partial charge in [-0.3, -0.25) is 0 Å². The lowest BCUT2D eigenvalue weighted by atomic mass is 10.0. The summed E-state index contributed by atoms with van der Waals surface area (Å²) in [6, 6.07) is -1.81. The summed E-state index contributed by atoms with van der Waals surface area (Å²) in [7, 11) is 0. The minimum absolute atomic E-state index is 0.218. The second-order valence-electron chi connectivity index (χ2n) is 5.13. The first-order valence-electron chi connectivity index (χ1n) is 6.35. The summed E-state index contributed by atoms with van der Waals surface area (Å²) < 4.78 is 0. The molecule has 0 saturated heterocycles. The maximum atomic E-state index is 11.5. The number of carboxylic acid groups (broad SMARTS) is 1. The average molecular weight is 258 g/mol. The smallest absolute Gasteiger partial charge is 0.328 e. The fourth-order valence-corrected chi connectivity index (χ4v) is 2.07. The van der Waals surface area contributed by atoms with E-state index in [1.165, 1.54) is 6.92 Å². The Kier molecular flexibility index (Phi) is 4.95. The molecule has 6 heteroatoms. The standard InChI is InChI=1S/C12H22N2O4/c1-3-4-12(5-6-12)7-13-11(18)14-9(8(2)15)10(16)17/h8-9,15H,3-7H2,1-2H3,(H,16,17)(H2,13,14,18). The minimum Gasteiger partial charge on any atom is -0.480 e. The van der Waals surface area contributed by atoms with Crippen LogP contribution in [-0.2, 0) is 4.79 Å². The third-order valence-electron chi connectivity index (χ3n) is 3.40. The molecule has 2 amide bonds. The molecule has 1 aliphatic rings. The van der Waals surface area contributed by atoms with E-state index in [2.05, 4.69) is 17.6 Å².